The SMILES string of the molecule is Cn1cc(NC(=O)C2CC2C(=O)O)cn1. The number of nitrogens with zero attached hydrogens (tertiary/aromatic N) is 2. The van der Waals surface area contributed by atoms with Crippen molar-refractivity contribution in [2.75, 3.05) is 5.32 Å². The van der Waals surface area contributed by atoms with Gasteiger partial charge in [0.25, 0.3) is 0 Å². The van der Waals surface area contributed by atoms with E-state index < -0.39 is 11.9 Å². The highest BCUT2D eigenvalue weighted by Gasteiger charge is 2.48. The molecule has 1 fully saturated rings. The normalized spacial score (nSPS) is 23.5. The lowest BCUT2D eigenvalue weighted by molar-refractivity contribution is -0.139. The third-order valence-corrected chi connectivity index (χ3v) is 2.42. The molecule has 6 heteroatoms. The molecule has 0 saturated heterocycles. The number of anilines is 1. The Morgan fingerprint density at radius 1 is 1.60 bits per heavy atom. The monoisotopic (exact) mass is 209 g/mol. The molecule has 2 atom stereocenters. The fourth-order valence-corrected chi connectivity index (χ4v) is 1.48. The highest BCUT2D eigenvalue weighted by Crippen LogP contribution is 2.39. The third-order valence-electron chi connectivity index (χ3n) is 2.42. The highest BCUT2D eigenvalue weighted by molar-refractivity contribution is 5.98. The summed E-state index contributed by atoms with van der Waals surface area (Å²) in [5, 5.41) is 15.2. The second-order valence-corrected chi connectivity index (χ2v) is 3.68. The number of aliphatic carboxylic acids is 1. The number of amides is 1. The number of carbonyl (C=O) groups is 2. The van der Waals surface area contributed by atoms with E-state index in [4.69, 9.17) is 5.11 Å². The van der Waals surface area contributed by atoms with Crippen molar-refractivity contribution in [3.8, 4) is 0 Å². The second-order valence-electron chi connectivity index (χ2n) is 3.68. The first kappa shape index (κ1) is 9.70. The van der Waals surface area contributed by atoms with E-state index in [1.165, 1.54) is 6.20 Å². The summed E-state index contributed by atoms with van der Waals surface area (Å²) in [5.41, 5.74) is 0.596. The van der Waals surface area contributed by atoms with Crippen molar-refractivity contribution in [2.24, 2.45) is 18.9 Å². The maximum Gasteiger partial charge on any atom is 0.307 e. The summed E-state index contributed by atoms with van der Waals surface area (Å²) in [6.45, 7) is 0. The number of rotatable bonds is 3. The molecule has 1 aliphatic rings. The second kappa shape index (κ2) is 3.38. The van der Waals surface area contributed by atoms with Gasteiger partial charge in [0.1, 0.15) is 0 Å². The summed E-state index contributed by atoms with van der Waals surface area (Å²) in [6.07, 6.45) is 3.62. The van der Waals surface area contributed by atoms with E-state index in [1.807, 2.05) is 0 Å². The smallest absolute Gasteiger partial charge is 0.307 e. The summed E-state index contributed by atoms with van der Waals surface area (Å²) in [4.78, 5) is 22.0. The van der Waals surface area contributed by atoms with E-state index >= 15 is 0 Å². The van der Waals surface area contributed by atoms with Gasteiger partial charge in [0.05, 0.1) is 23.7 Å². The summed E-state index contributed by atoms with van der Waals surface area (Å²) in [5.74, 6) is -2.04. The van der Waals surface area contributed by atoms with E-state index in [2.05, 4.69) is 10.4 Å². The van der Waals surface area contributed by atoms with Gasteiger partial charge in [-0.15, -0.1) is 0 Å². The molecular weight excluding hydrogens is 198 g/mol. The minimum atomic E-state index is -0.902. The van der Waals surface area contributed by atoms with Gasteiger partial charge in [0.15, 0.2) is 0 Å². The molecule has 0 aliphatic heterocycles. The average molecular weight is 209 g/mol. The maximum atomic E-state index is 11.5. The molecule has 1 aromatic heterocycles. The van der Waals surface area contributed by atoms with Gasteiger partial charge in [-0.05, 0) is 6.42 Å². The highest BCUT2D eigenvalue weighted by atomic mass is 16.4. The molecule has 80 valence electrons. The van der Waals surface area contributed by atoms with Gasteiger partial charge in [0.2, 0.25) is 5.91 Å². The largest absolute Gasteiger partial charge is 0.481 e. The average Bonchev–Trinajstić information content (AvgIpc) is 2.86. The number of carboxylic acids is 1. The predicted molar refractivity (Wildman–Crippen MR) is 51.1 cm³/mol. The van der Waals surface area contributed by atoms with Crippen LogP contribution in [0.4, 0.5) is 5.69 Å². The molecular formula is C9H11N3O3. The number of carboxylic acid groups (broad SMARTS) is 1. The molecule has 6 nitrogen and oxygen atoms in total. The quantitative estimate of drug-likeness (QED) is 0.738. The number of hydrogen-bond acceptors (Lipinski definition) is 3. The lowest BCUT2D eigenvalue weighted by Crippen LogP contribution is -2.16. The molecule has 0 aromatic carbocycles. The van der Waals surface area contributed by atoms with Gasteiger partial charge in [-0.1, -0.05) is 0 Å². The van der Waals surface area contributed by atoms with Crippen molar-refractivity contribution in [1.82, 2.24) is 9.78 Å². The molecule has 15 heavy (non-hydrogen) atoms. The van der Waals surface area contributed by atoms with Crippen LogP contribution in [0.3, 0.4) is 0 Å². The summed E-state index contributed by atoms with van der Waals surface area (Å²) in [6, 6.07) is 0. The van der Waals surface area contributed by atoms with E-state index in [1.54, 1.807) is 17.9 Å². The molecule has 1 heterocycles. The summed E-state index contributed by atoms with van der Waals surface area (Å²) < 4.78 is 1.57. The topological polar surface area (TPSA) is 84.2 Å². The van der Waals surface area contributed by atoms with Crippen LogP contribution in [0.5, 0.6) is 0 Å². The molecule has 1 aliphatic carbocycles. The van der Waals surface area contributed by atoms with Crippen LogP contribution in [-0.2, 0) is 16.6 Å². The molecule has 0 radical (unpaired) electrons. The molecule has 2 unspecified atom stereocenters. The Balaban J connectivity index is 1.92. The van der Waals surface area contributed by atoms with Crippen LogP contribution >= 0.6 is 0 Å². The van der Waals surface area contributed by atoms with E-state index in [9.17, 15) is 9.59 Å². The molecule has 1 amide bonds. The Hall–Kier alpha value is -1.85. The molecule has 2 rings (SSSR count). The van der Waals surface area contributed by atoms with Crippen molar-refractivity contribution in [1.29, 1.82) is 0 Å². The van der Waals surface area contributed by atoms with Crippen molar-refractivity contribution in [2.45, 2.75) is 6.42 Å². The zero-order valence-corrected chi connectivity index (χ0v) is 8.17. The summed E-state index contributed by atoms with van der Waals surface area (Å²) in [7, 11) is 1.74. The molecule has 1 saturated carbocycles. The fraction of sp³-hybridized carbons (Fsp3) is 0.444. The zero-order chi connectivity index (χ0) is 11.0. The van der Waals surface area contributed by atoms with E-state index in [0.717, 1.165) is 0 Å². The molecule has 2 N–H and O–H groups in total. The summed E-state index contributed by atoms with van der Waals surface area (Å²) >= 11 is 0. The maximum absolute atomic E-state index is 11.5. The Bertz CT molecular complexity index is 412. The van der Waals surface area contributed by atoms with Crippen LogP contribution in [0.1, 0.15) is 6.42 Å². The minimum Gasteiger partial charge on any atom is -0.481 e. The number of aryl methyl sites for hydroxylation is 1. The van der Waals surface area contributed by atoms with Gasteiger partial charge in [0, 0.05) is 13.2 Å². The van der Waals surface area contributed by atoms with Crippen molar-refractivity contribution in [3.05, 3.63) is 12.4 Å². The number of carbonyl (C=O) groups excluding carboxylic acids is 1. The van der Waals surface area contributed by atoms with E-state index in [0.29, 0.717) is 12.1 Å². The van der Waals surface area contributed by atoms with Crippen LogP contribution in [0.2, 0.25) is 0 Å². The predicted octanol–water partition coefficient (Wildman–Crippen LogP) is 0.0793. The van der Waals surface area contributed by atoms with Crippen molar-refractivity contribution < 1.29 is 14.7 Å². The number of nitrogens with one attached hydrogen (secondary N) is 1. The first-order chi connectivity index (χ1) is 7.08. The molecule has 1 aromatic rings. The number of hydrogen-bond donors (Lipinski definition) is 2. The number of aromatic nitrogens is 2. The first-order valence-corrected chi connectivity index (χ1v) is 4.60. The lowest BCUT2D eigenvalue weighted by atomic mass is 10.3. The molecule has 0 bridgehead atoms. The Morgan fingerprint density at radius 3 is 2.80 bits per heavy atom. The van der Waals surface area contributed by atoms with Crippen molar-refractivity contribution >= 4 is 17.6 Å². The third kappa shape index (κ3) is 1.98. The Morgan fingerprint density at radius 2 is 2.33 bits per heavy atom. The zero-order valence-electron chi connectivity index (χ0n) is 8.17. The van der Waals surface area contributed by atoms with Crippen LogP contribution in [0.25, 0.3) is 0 Å². The minimum absolute atomic E-state index is 0.240. The first-order valence-electron chi connectivity index (χ1n) is 4.60. The van der Waals surface area contributed by atoms with Crippen molar-refractivity contribution in [3.63, 3.8) is 0 Å². The van der Waals surface area contributed by atoms with E-state index in [-0.39, 0.29) is 11.8 Å². The Labute approximate surface area is 85.9 Å². The van der Waals surface area contributed by atoms with Gasteiger partial charge in [-0.2, -0.15) is 5.10 Å². The molecule has 0 spiro atoms. The van der Waals surface area contributed by atoms with Gasteiger partial charge in [-0.3, -0.25) is 14.3 Å². The van der Waals surface area contributed by atoms with Crippen LogP contribution in [-0.4, -0.2) is 26.8 Å². The van der Waals surface area contributed by atoms with Gasteiger partial charge >= 0.3 is 5.97 Å². The van der Waals surface area contributed by atoms with Gasteiger partial charge < -0.3 is 10.4 Å². The standard InChI is InChI=1S/C9H11N3O3/c1-12-4-5(3-10-12)11-8(13)6-2-7(6)9(14)15/h3-4,6-7H,2H2,1H3,(H,11,13)(H,14,15). The van der Waals surface area contributed by atoms with Crippen LogP contribution in [0.15, 0.2) is 12.4 Å². The van der Waals surface area contributed by atoms with Crippen LogP contribution < -0.4 is 5.32 Å². The van der Waals surface area contributed by atoms with Crippen LogP contribution in [0, 0.1) is 11.8 Å². The lowest BCUT2D eigenvalue weighted by Gasteiger charge is -1.99. The Kier molecular flexibility index (Phi) is 2.18. The van der Waals surface area contributed by atoms with Gasteiger partial charge in [-0.25, -0.2) is 0 Å². The fourth-order valence-electron chi connectivity index (χ4n) is 1.48.